The van der Waals surface area contributed by atoms with Gasteiger partial charge in [0.25, 0.3) is 0 Å². The van der Waals surface area contributed by atoms with Crippen molar-refractivity contribution in [1.29, 1.82) is 0 Å². The molecule has 0 spiro atoms. The number of carboxylic acid groups (broad SMARTS) is 2. The molecule has 0 aliphatic carbocycles. The molecule has 0 aliphatic rings. The summed E-state index contributed by atoms with van der Waals surface area (Å²) in [6.45, 7) is 6.83. The monoisotopic (exact) mass is 728 g/mol. The van der Waals surface area contributed by atoms with Crippen molar-refractivity contribution in [2.45, 2.75) is 53.4 Å². The van der Waals surface area contributed by atoms with Gasteiger partial charge in [-0.2, -0.15) is 5.10 Å². The number of carbonyl (C=O) groups is 6. The fraction of sp³-hybridized carbons (Fsp3) is 0.256. The second-order valence-electron chi connectivity index (χ2n) is 10.4. The first-order valence-electron chi connectivity index (χ1n) is 17.0. The van der Waals surface area contributed by atoms with E-state index in [-0.39, 0.29) is 37.5 Å². The molecule has 0 saturated heterocycles. The van der Waals surface area contributed by atoms with Gasteiger partial charge in [-0.3, -0.25) is 33.8 Å². The summed E-state index contributed by atoms with van der Waals surface area (Å²) >= 11 is 0. The smallest absolute Gasteiger partial charge is 0.325 e. The molecule has 6 N–H and O–H groups in total. The quantitative estimate of drug-likeness (QED) is 0.0462. The van der Waals surface area contributed by atoms with Crippen LogP contribution < -0.4 is 16.5 Å². The fourth-order valence-electron chi connectivity index (χ4n) is 4.25. The molecular formula is C39H48N6O8. The number of nitrogens with zero attached hydrogens (tertiary/aromatic N) is 3. The predicted molar refractivity (Wildman–Crippen MR) is 206 cm³/mol. The van der Waals surface area contributed by atoms with Crippen molar-refractivity contribution in [3.63, 3.8) is 0 Å². The molecule has 0 bridgehead atoms. The average molecular weight is 729 g/mol. The minimum atomic E-state index is -1.20. The first kappa shape index (κ1) is 44.6. The molecule has 14 heteroatoms. The van der Waals surface area contributed by atoms with Crippen molar-refractivity contribution in [3.05, 3.63) is 109 Å². The minimum Gasteiger partial charge on any atom is -0.480 e. The van der Waals surface area contributed by atoms with E-state index in [0.29, 0.717) is 16.4 Å². The highest BCUT2D eigenvalue weighted by Gasteiger charge is 2.18. The number of nitrogens with one attached hydrogen (secondary N) is 2. The van der Waals surface area contributed by atoms with Crippen LogP contribution in [0.4, 0.5) is 11.4 Å². The summed E-state index contributed by atoms with van der Waals surface area (Å²) in [6.07, 6.45) is 1.04. The van der Waals surface area contributed by atoms with Gasteiger partial charge in [-0.05, 0) is 35.0 Å². The molecule has 0 atom stereocenters. The molecule has 0 fully saturated rings. The van der Waals surface area contributed by atoms with E-state index in [1.54, 1.807) is 48.5 Å². The lowest BCUT2D eigenvalue weighted by atomic mass is 10.1. The Morgan fingerprint density at radius 2 is 1.06 bits per heavy atom. The van der Waals surface area contributed by atoms with Crippen LogP contribution in [0.25, 0.3) is 10.8 Å². The van der Waals surface area contributed by atoms with Gasteiger partial charge in [0.05, 0.1) is 6.21 Å². The highest BCUT2D eigenvalue weighted by atomic mass is 16.4. The maximum Gasteiger partial charge on any atom is 0.325 e. The van der Waals surface area contributed by atoms with Gasteiger partial charge in [-0.15, -0.1) is 0 Å². The second kappa shape index (κ2) is 25.5. The van der Waals surface area contributed by atoms with Gasteiger partial charge in [0.2, 0.25) is 23.6 Å². The van der Waals surface area contributed by atoms with Gasteiger partial charge in [-0.25, -0.2) is 10.9 Å². The number of carbonyl (C=O) groups excluding carboxylic acids is 4. The largest absolute Gasteiger partial charge is 0.480 e. The van der Waals surface area contributed by atoms with Crippen molar-refractivity contribution < 1.29 is 39.0 Å². The van der Waals surface area contributed by atoms with Gasteiger partial charge in [0.15, 0.2) is 0 Å². The number of amides is 4. The topological polar surface area (TPSA) is 212 Å². The number of rotatable bonds is 14. The lowest BCUT2D eigenvalue weighted by molar-refractivity contribution is -0.144. The maximum absolute atomic E-state index is 12.5. The number of hydrazine groups is 1. The highest BCUT2D eigenvalue weighted by molar-refractivity contribution is 6.00. The van der Waals surface area contributed by atoms with Crippen molar-refractivity contribution in [2.75, 3.05) is 23.7 Å². The van der Waals surface area contributed by atoms with Crippen LogP contribution in [-0.2, 0) is 28.8 Å². The summed E-state index contributed by atoms with van der Waals surface area (Å²) in [5, 5.41) is 30.4. The van der Waals surface area contributed by atoms with E-state index in [1.165, 1.54) is 6.21 Å². The normalized spacial score (nSPS) is 9.83. The lowest BCUT2D eigenvalue weighted by Gasteiger charge is -2.15. The summed E-state index contributed by atoms with van der Waals surface area (Å²) < 4.78 is 0. The number of benzene rings is 4. The van der Waals surface area contributed by atoms with Crippen molar-refractivity contribution in [3.8, 4) is 0 Å². The molecule has 0 heterocycles. The highest BCUT2D eigenvalue weighted by Crippen LogP contribution is 2.17. The van der Waals surface area contributed by atoms with Gasteiger partial charge >= 0.3 is 11.9 Å². The Morgan fingerprint density at radius 1 is 0.604 bits per heavy atom. The van der Waals surface area contributed by atoms with Crippen molar-refractivity contribution >= 4 is 63.9 Å². The lowest BCUT2D eigenvalue weighted by Crippen LogP contribution is -2.41. The molecule has 0 saturated carbocycles. The SMILES string of the molecule is CC.CC.NN(CC(=O)O)C(=O)CCC(=O)Nc1ccccc1.O=C(O)CN(/N=C/c1cccc2ccccc12)C(=O)CCC(=O)Nc1ccccc1. The summed E-state index contributed by atoms with van der Waals surface area (Å²) in [5.74, 6) is 1.04. The number of aliphatic carboxylic acids is 2. The first-order valence-corrected chi connectivity index (χ1v) is 17.0. The molecule has 282 valence electrons. The standard InChI is InChI=1S/C23H21N3O4.C12H15N3O4.2C2H6/c27-21(25-19-10-2-1-3-11-19)13-14-22(28)26(16-23(29)30)24-15-18-9-6-8-17-7-4-5-12-20(17)18;13-15(8-12(18)19)11(17)7-6-10(16)14-9-4-2-1-3-5-9;2*1-2/h1-12,15H,13-14,16H2,(H,25,27)(H,29,30);1-5H,6-8,13H2,(H,14,16)(H,18,19);2*1-2H3/b24-15+;;;. The number of fused-ring (bicyclic) bond motifs is 1. The molecule has 4 aromatic rings. The molecule has 0 radical (unpaired) electrons. The number of anilines is 2. The molecule has 4 rings (SSSR count). The molecule has 0 aliphatic heterocycles. The van der Waals surface area contributed by atoms with E-state index >= 15 is 0 Å². The van der Waals surface area contributed by atoms with Crippen LogP contribution in [0.3, 0.4) is 0 Å². The van der Waals surface area contributed by atoms with Crippen LogP contribution in [0.1, 0.15) is 58.9 Å². The number of para-hydroxylation sites is 2. The van der Waals surface area contributed by atoms with Crippen molar-refractivity contribution in [2.24, 2.45) is 10.9 Å². The van der Waals surface area contributed by atoms with Crippen molar-refractivity contribution in [1.82, 2.24) is 10.0 Å². The zero-order valence-corrected chi connectivity index (χ0v) is 30.4. The van der Waals surface area contributed by atoms with Gasteiger partial charge in [0, 0.05) is 42.6 Å². The Balaban J connectivity index is 0.000000527. The van der Waals surface area contributed by atoms with Crippen LogP contribution in [0.15, 0.2) is 108 Å². The van der Waals surface area contributed by atoms with E-state index in [0.717, 1.165) is 21.3 Å². The van der Waals surface area contributed by atoms with Crippen LogP contribution >= 0.6 is 0 Å². The fourth-order valence-corrected chi connectivity index (χ4v) is 4.25. The van der Waals surface area contributed by atoms with Crippen LogP contribution in [0, 0.1) is 0 Å². The zero-order valence-electron chi connectivity index (χ0n) is 30.4. The van der Waals surface area contributed by atoms with Crippen LogP contribution in [0.2, 0.25) is 0 Å². The molecule has 4 aromatic carbocycles. The Kier molecular flexibility index (Phi) is 21.5. The third kappa shape index (κ3) is 17.9. The minimum absolute atomic E-state index is 0.0545. The predicted octanol–water partition coefficient (Wildman–Crippen LogP) is 5.75. The number of hydrogen-bond acceptors (Lipinski definition) is 8. The summed E-state index contributed by atoms with van der Waals surface area (Å²) in [6, 6.07) is 31.0. The Hall–Kier alpha value is -6.41. The molecular weight excluding hydrogens is 680 g/mol. The summed E-state index contributed by atoms with van der Waals surface area (Å²) in [4.78, 5) is 69.0. The molecule has 4 amide bonds. The summed E-state index contributed by atoms with van der Waals surface area (Å²) in [5.41, 5.74) is 2.03. The molecule has 53 heavy (non-hydrogen) atoms. The molecule has 0 aromatic heterocycles. The molecule has 0 unspecified atom stereocenters. The van der Waals surface area contributed by atoms with E-state index in [1.807, 2.05) is 82.3 Å². The summed E-state index contributed by atoms with van der Waals surface area (Å²) in [7, 11) is 0. The maximum atomic E-state index is 12.5. The third-order valence-electron chi connectivity index (χ3n) is 6.61. The number of hydrazone groups is 1. The average Bonchev–Trinajstić information content (AvgIpc) is 3.16. The zero-order chi connectivity index (χ0) is 39.6. The number of hydrogen-bond donors (Lipinski definition) is 5. The van der Waals surface area contributed by atoms with Crippen LogP contribution in [0.5, 0.6) is 0 Å². The Labute approximate surface area is 309 Å². The number of nitrogens with two attached hydrogens (primary N) is 1. The third-order valence-corrected chi connectivity index (χ3v) is 6.61. The van der Waals surface area contributed by atoms with E-state index in [9.17, 15) is 28.8 Å². The van der Waals surface area contributed by atoms with Gasteiger partial charge in [0.1, 0.15) is 13.1 Å². The van der Waals surface area contributed by atoms with Gasteiger partial charge < -0.3 is 20.8 Å². The van der Waals surface area contributed by atoms with E-state index < -0.39 is 36.8 Å². The Bertz CT molecular complexity index is 1780. The molecule has 14 nitrogen and oxygen atoms in total. The number of carboxylic acids is 2. The van der Waals surface area contributed by atoms with E-state index in [2.05, 4.69) is 15.7 Å². The second-order valence-corrected chi connectivity index (χ2v) is 10.4. The van der Waals surface area contributed by atoms with E-state index in [4.69, 9.17) is 16.1 Å². The van der Waals surface area contributed by atoms with Crippen LogP contribution in [-0.4, -0.2) is 75.1 Å². The Morgan fingerprint density at radius 3 is 1.57 bits per heavy atom. The van der Waals surface area contributed by atoms with Gasteiger partial charge in [-0.1, -0.05) is 107 Å². The first-order chi connectivity index (χ1) is 25.5.